The summed E-state index contributed by atoms with van der Waals surface area (Å²) in [6, 6.07) is 0. The van der Waals surface area contributed by atoms with Gasteiger partial charge in [0.05, 0.1) is 0 Å². The van der Waals surface area contributed by atoms with Crippen molar-refractivity contribution < 1.29 is 4.39 Å². The normalized spacial score (nSPS) is 46.5. The summed E-state index contributed by atoms with van der Waals surface area (Å²) in [4.78, 5) is 0. The molecule has 0 aromatic rings. The minimum Gasteiger partial charge on any atom is -0.247 e. The fourth-order valence-corrected chi connectivity index (χ4v) is 0.976. The molecular weight excluding hydrogens is 79.1 g/mol. The van der Waals surface area contributed by atoms with Gasteiger partial charge in [0.2, 0.25) is 0 Å². The Bertz CT molecular complexity index is 83.9. The van der Waals surface area contributed by atoms with Gasteiger partial charge in [0.1, 0.15) is 6.17 Å². The van der Waals surface area contributed by atoms with E-state index in [-0.39, 0.29) is 0 Å². The van der Waals surface area contributed by atoms with E-state index < -0.39 is 6.17 Å². The van der Waals surface area contributed by atoms with Gasteiger partial charge in [0, 0.05) is 5.41 Å². The Morgan fingerprint density at radius 2 is 2.00 bits per heavy atom. The van der Waals surface area contributed by atoms with Crippen molar-refractivity contribution in [1.29, 1.82) is 0 Å². The van der Waals surface area contributed by atoms with Crippen LogP contribution in [0.5, 0.6) is 0 Å². The highest BCUT2D eigenvalue weighted by Gasteiger charge is 2.63. The molecule has 0 N–H and O–H groups in total. The van der Waals surface area contributed by atoms with Crippen LogP contribution in [-0.4, -0.2) is 6.17 Å². The summed E-state index contributed by atoms with van der Waals surface area (Å²) < 4.78 is 12.0. The van der Waals surface area contributed by atoms with Gasteiger partial charge in [-0.3, -0.25) is 0 Å². The van der Waals surface area contributed by atoms with Gasteiger partial charge in [0.25, 0.3) is 0 Å². The molecule has 6 heavy (non-hydrogen) atoms. The predicted molar refractivity (Wildman–Crippen MR) is 21.2 cm³/mol. The second-order valence-electron chi connectivity index (χ2n) is 2.53. The van der Waals surface area contributed by atoms with E-state index in [0.717, 1.165) is 6.42 Å². The molecule has 1 atom stereocenters. The summed E-state index contributed by atoms with van der Waals surface area (Å²) in [5.41, 5.74) is 0.292. The minimum absolute atomic E-state index is 0.292. The highest BCUT2D eigenvalue weighted by Crippen LogP contribution is 2.67. The topological polar surface area (TPSA) is 0 Å². The first-order valence-electron chi connectivity index (χ1n) is 2.48. The number of alkyl halides is 1. The monoisotopic (exact) mass is 86.1 g/mol. The van der Waals surface area contributed by atoms with Crippen LogP contribution in [0.2, 0.25) is 0 Å². The number of rotatable bonds is 0. The molecule has 2 rings (SSSR count). The van der Waals surface area contributed by atoms with E-state index in [0.29, 0.717) is 5.41 Å². The Morgan fingerprint density at radius 1 is 1.50 bits per heavy atom. The first kappa shape index (κ1) is 3.00. The third kappa shape index (κ3) is 0.174. The van der Waals surface area contributed by atoms with Crippen molar-refractivity contribution in [3.8, 4) is 0 Å². The lowest BCUT2D eigenvalue weighted by Crippen LogP contribution is -1.69. The lowest BCUT2D eigenvalue weighted by molar-refractivity contribution is 0.440. The fraction of sp³-hybridized carbons (Fsp3) is 1.00. The van der Waals surface area contributed by atoms with Crippen LogP contribution in [0.3, 0.4) is 0 Å². The lowest BCUT2D eigenvalue weighted by atomic mass is 10.4. The SMILES string of the molecule is FC1CC12CC2. The Hall–Kier alpha value is -0.0700. The summed E-state index contributed by atoms with van der Waals surface area (Å²) in [5, 5.41) is 0. The average Bonchev–Trinajstić information content (AvgIpc) is 2.25. The van der Waals surface area contributed by atoms with Crippen molar-refractivity contribution >= 4 is 0 Å². The molecule has 2 saturated carbocycles. The van der Waals surface area contributed by atoms with E-state index in [1.165, 1.54) is 12.8 Å². The van der Waals surface area contributed by atoms with Crippen molar-refractivity contribution in [2.45, 2.75) is 25.4 Å². The Balaban J connectivity index is 2.17. The molecule has 0 bridgehead atoms. The molecule has 0 aromatic carbocycles. The number of hydrogen-bond acceptors (Lipinski definition) is 0. The molecule has 2 aliphatic rings. The van der Waals surface area contributed by atoms with Gasteiger partial charge >= 0.3 is 0 Å². The van der Waals surface area contributed by atoms with Gasteiger partial charge < -0.3 is 0 Å². The molecule has 0 aromatic heterocycles. The summed E-state index contributed by atoms with van der Waals surface area (Å²) in [7, 11) is 0. The van der Waals surface area contributed by atoms with Crippen LogP contribution in [-0.2, 0) is 0 Å². The molecule has 0 aliphatic heterocycles. The maximum absolute atomic E-state index is 12.0. The van der Waals surface area contributed by atoms with Crippen molar-refractivity contribution in [2.24, 2.45) is 5.41 Å². The van der Waals surface area contributed by atoms with Crippen molar-refractivity contribution in [3.63, 3.8) is 0 Å². The highest BCUT2D eigenvalue weighted by atomic mass is 19.1. The van der Waals surface area contributed by atoms with E-state index >= 15 is 0 Å². The smallest absolute Gasteiger partial charge is 0.106 e. The first-order valence-corrected chi connectivity index (χ1v) is 2.48. The molecule has 1 heteroatoms. The number of halogens is 1. The zero-order valence-corrected chi connectivity index (χ0v) is 3.58. The lowest BCUT2D eigenvalue weighted by Gasteiger charge is -1.68. The van der Waals surface area contributed by atoms with E-state index in [9.17, 15) is 4.39 Å². The molecule has 0 radical (unpaired) electrons. The van der Waals surface area contributed by atoms with Crippen molar-refractivity contribution in [2.75, 3.05) is 0 Å². The molecule has 0 nitrogen and oxygen atoms in total. The molecule has 1 unspecified atom stereocenters. The van der Waals surface area contributed by atoms with Crippen LogP contribution in [0.4, 0.5) is 4.39 Å². The maximum atomic E-state index is 12.0. The van der Waals surface area contributed by atoms with Crippen LogP contribution in [0.25, 0.3) is 0 Å². The standard InChI is InChI=1S/C5H7F/c6-4-3-5(4)1-2-5/h4H,1-3H2. The third-order valence-electron chi connectivity index (χ3n) is 1.98. The van der Waals surface area contributed by atoms with Gasteiger partial charge in [-0.1, -0.05) is 0 Å². The second-order valence-corrected chi connectivity index (χ2v) is 2.53. The van der Waals surface area contributed by atoms with Crippen LogP contribution in [0, 0.1) is 5.41 Å². The fourth-order valence-electron chi connectivity index (χ4n) is 0.976. The largest absolute Gasteiger partial charge is 0.247 e. The Kier molecular flexibility index (Phi) is 0.268. The summed E-state index contributed by atoms with van der Waals surface area (Å²) in [6.07, 6.45) is 2.84. The van der Waals surface area contributed by atoms with Crippen molar-refractivity contribution in [1.82, 2.24) is 0 Å². The quantitative estimate of drug-likeness (QED) is 0.419. The average molecular weight is 86.1 g/mol. The zero-order chi connectivity index (χ0) is 4.20. The predicted octanol–water partition coefficient (Wildman–Crippen LogP) is 1.51. The highest BCUT2D eigenvalue weighted by molar-refractivity contribution is 5.13. The van der Waals surface area contributed by atoms with E-state index in [1.807, 2.05) is 0 Å². The maximum Gasteiger partial charge on any atom is 0.106 e. The molecule has 2 fully saturated rings. The molecule has 2 aliphatic carbocycles. The number of hydrogen-bond donors (Lipinski definition) is 0. The van der Waals surface area contributed by atoms with Crippen LogP contribution < -0.4 is 0 Å². The summed E-state index contributed by atoms with van der Waals surface area (Å²) in [5.74, 6) is 0. The van der Waals surface area contributed by atoms with Gasteiger partial charge in [0.15, 0.2) is 0 Å². The first-order chi connectivity index (χ1) is 2.83. The molecule has 0 amide bonds. The molecule has 34 valence electrons. The van der Waals surface area contributed by atoms with Gasteiger partial charge in [-0.25, -0.2) is 4.39 Å². The second kappa shape index (κ2) is 0.535. The van der Waals surface area contributed by atoms with Crippen molar-refractivity contribution in [3.05, 3.63) is 0 Å². The summed E-state index contributed by atoms with van der Waals surface area (Å²) in [6.45, 7) is 0. The minimum atomic E-state index is -0.391. The summed E-state index contributed by atoms with van der Waals surface area (Å²) >= 11 is 0. The van der Waals surface area contributed by atoms with Gasteiger partial charge in [-0.15, -0.1) is 0 Å². The van der Waals surface area contributed by atoms with Crippen LogP contribution in [0.15, 0.2) is 0 Å². The molecule has 0 heterocycles. The Labute approximate surface area is 36.4 Å². The molecule has 1 spiro atoms. The Morgan fingerprint density at radius 3 is 2.00 bits per heavy atom. The van der Waals surface area contributed by atoms with Crippen LogP contribution >= 0.6 is 0 Å². The van der Waals surface area contributed by atoms with E-state index in [2.05, 4.69) is 0 Å². The van der Waals surface area contributed by atoms with E-state index in [1.54, 1.807) is 0 Å². The van der Waals surface area contributed by atoms with Gasteiger partial charge in [-0.2, -0.15) is 0 Å². The van der Waals surface area contributed by atoms with Gasteiger partial charge in [-0.05, 0) is 19.3 Å². The third-order valence-corrected chi connectivity index (χ3v) is 1.98. The zero-order valence-electron chi connectivity index (χ0n) is 3.58. The van der Waals surface area contributed by atoms with Crippen LogP contribution in [0.1, 0.15) is 19.3 Å². The molecular formula is C5H7F. The van der Waals surface area contributed by atoms with E-state index in [4.69, 9.17) is 0 Å². The molecule has 0 saturated heterocycles.